The van der Waals surface area contributed by atoms with Gasteiger partial charge in [0.25, 0.3) is 0 Å². The summed E-state index contributed by atoms with van der Waals surface area (Å²) >= 11 is 0. The fourth-order valence-electron chi connectivity index (χ4n) is 2.84. The van der Waals surface area contributed by atoms with E-state index < -0.39 is 0 Å². The lowest BCUT2D eigenvalue weighted by atomic mass is 10.0. The standard InChI is InChI=1S/C18H21NO4/c1-10-7-16(20)23-17-12(3)18-14(8-13(10)17)11(2)15(22-18)9-21-6-4-5-19/h7-8H,4-6,9,19H2,1-3H3. The summed E-state index contributed by atoms with van der Waals surface area (Å²) in [6.07, 6.45) is 0.826. The second-order valence-corrected chi connectivity index (χ2v) is 5.85. The Balaban J connectivity index is 2.12. The van der Waals surface area contributed by atoms with Crippen LogP contribution in [0.5, 0.6) is 0 Å². The summed E-state index contributed by atoms with van der Waals surface area (Å²) in [7, 11) is 0. The van der Waals surface area contributed by atoms with Crippen molar-refractivity contribution in [2.75, 3.05) is 13.2 Å². The van der Waals surface area contributed by atoms with E-state index in [-0.39, 0.29) is 5.63 Å². The molecule has 2 aromatic heterocycles. The van der Waals surface area contributed by atoms with Gasteiger partial charge in [0.15, 0.2) is 0 Å². The first-order chi connectivity index (χ1) is 11.0. The van der Waals surface area contributed by atoms with Gasteiger partial charge in [-0.15, -0.1) is 0 Å². The molecule has 3 aromatic rings. The monoisotopic (exact) mass is 315 g/mol. The van der Waals surface area contributed by atoms with Crippen LogP contribution in [0.3, 0.4) is 0 Å². The molecule has 0 bridgehead atoms. The molecule has 0 aliphatic heterocycles. The normalized spacial score (nSPS) is 11.7. The molecule has 2 heterocycles. The molecule has 0 fully saturated rings. The van der Waals surface area contributed by atoms with E-state index in [4.69, 9.17) is 19.3 Å². The Kier molecular flexibility index (Phi) is 4.24. The minimum atomic E-state index is -0.342. The van der Waals surface area contributed by atoms with Crippen LogP contribution in [-0.2, 0) is 11.3 Å². The highest BCUT2D eigenvalue weighted by molar-refractivity contribution is 5.99. The van der Waals surface area contributed by atoms with Gasteiger partial charge in [-0.25, -0.2) is 4.79 Å². The molecule has 3 rings (SSSR count). The Morgan fingerprint density at radius 3 is 2.52 bits per heavy atom. The molecule has 0 radical (unpaired) electrons. The number of benzene rings is 1. The van der Waals surface area contributed by atoms with E-state index in [1.54, 1.807) is 0 Å². The predicted molar refractivity (Wildman–Crippen MR) is 89.8 cm³/mol. The van der Waals surface area contributed by atoms with Gasteiger partial charge in [0.1, 0.15) is 23.5 Å². The van der Waals surface area contributed by atoms with Crippen molar-refractivity contribution in [1.29, 1.82) is 0 Å². The van der Waals surface area contributed by atoms with Crippen molar-refractivity contribution in [2.45, 2.75) is 33.8 Å². The number of rotatable bonds is 5. The Bertz CT molecular complexity index is 920. The first-order valence-corrected chi connectivity index (χ1v) is 7.76. The molecule has 0 aliphatic carbocycles. The molecule has 5 nitrogen and oxygen atoms in total. The highest BCUT2D eigenvalue weighted by Crippen LogP contribution is 2.34. The lowest BCUT2D eigenvalue weighted by Crippen LogP contribution is -2.04. The van der Waals surface area contributed by atoms with Crippen LogP contribution in [0.25, 0.3) is 21.9 Å². The third kappa shape index (κ3) is 2.78. The van der Waals surface area contributed by atoms with Crippen molar-refractivity contribution >= 4 is 21.9 Å². The third-order valence-corrected chi connectivity index (χ3v) is 4.19. The molecule has 0 saturated heterocycles. The highest BCUT2D eigenvalue weighted by atomic mass is 16.5. The van der Waals surface area contributed by atoms with Crippen LogP contribution in [0.4, 0.5) is 0 Å². The summed E-state index contributed by atoms with van der Waals surface area (Å²) in [4.78, 5) is 11.6. The van der Waals surface area contributed by atoms with Gasteiger partial charge in [0.05, 0.1) is 0 Å². The van der Waals surface area contributed by atoms with Crippen LogP contribution >= 0.6 is 0 Å². The molecular weight excluding hydrogens is 294 g/mol. The maximum absolute atomic E-state index is 11.6. The lowest BCUT2D eigenvalue weighted by Gasteiger charge is -2.04. The van der Waals surface area contributed by atoms with Gasteiger partial charge in [0.2, 0.25) is 0 Å². The predicted octanol–water partition coefficient (Wildman–Crippen LogP) is 3.33. The van der Waals surface area contributed by atoms with E-state index in [9.17, 15) is 4.79 Å². The maximum atomic E-state index is 11.6. The Morgan fingerprint density at radius 1 is 1.04 bits per heavy atom. The van der Waals surface area contributed by atoms with Gasteiger partial charge in [-0.3, -0.25) is 0 Å². The number of aryl methyl sites for hydroxylation is 3. The van der Waals surface area contributed by atoms with Crippen LogP contribution in [0.1, 0.15) is 28.9 Å². The third-order valence-electron chi connectivity index (χ3n) is 4.19. The molecule has 1 aromatic carbocycles. The number of hydrogen-bond donors (Lipinski definition) is 1. The lowest BCUT2D eigenvalue weighted by molar-refractivity contribution is 0.106. The zero-order valence-electron chi connectivity index (χ0n) is 13.7. The van der Waals surface area contributed by atoms with E-state index in [2.05, 4.69) is 0 Å². The zero-order valence-corrected chi connectivity index (χ0v) is 13.7. The van der Waals surface area contributed by atoms with E-state index >= 15 is 0 Å². The molecule has 0 atom stereocenters. The summed E-state index contributed by atoms with van der Waals surface area (Å²) in [5, 5.41) is 1.97. The summed E-state index contributed by atoms with van der Waals surface area (Å²) in [6.45, 7) is 7.49. The van der Waals surface area contributed by atoms with Crippen molar-refractivity contribution in [2.24, 2.45) is 5.73 Å². The van der Waals surface area contributed by atoms with Crippen molar-refractivity contribution in [3.63, 3.8) is 0 Å². The molecule has 0 unspecified atom stereocenters. The van der Waals surface area contributed by atoms with Gasteiger partial charge >= 0.3 is 5.63 Å². The first kappa shape index (κ1) is 15.8. The fourth-order valence-corrected chi connectivity index (χ4v) is 2.84. The number of furan rings is 1. The number of nitrogens with two attached hydrogens (primary N) is 1. The Labute approximate surface area is 134 Å². The molecule has 0 spiro atoms. The number of fused-ring (bicyclic) bond motifs is 2. The van der Waals surface area contributed by atoms with Crippen molar-refractivity contribution in [3.8, 4) is 0 Å². The van der Waals surface area contributed by atoms with Crippen LogP contribution in [0.15, 0.2) is 25.8 Å². The average molecular weight is 315 g/mol. The van der Waals surface area contributed by atoms with Gasteiger partial charge in [-0.2, -0.15) is 0 Å². The van der Waals surface area contributed by atoms with Gasteiger partial charge < -0.3 is 19.3 Å². The van der Waals surface area contributed by atoms with E-state index in [0.717, 1.165) is 45.2 Å². The summed E-state index contributed by atoms with van der Waals surface area (Å²) in [5.74, 6) is 0.801. The highest BCUT2D eigenvalue weighted by Gasteiger charge is 2.17. The Hall–Kier alpha value is -2.11. The number of ether oxygens (including phenoxy) is 1. The van der Waals surface area contributed by atoms with Gasteiger partial charge in [-0.1, -0.05) is 0 Å². The topological polar surface area (TPSA) is 78.6 Å². The van der Waals surface area contributed by atoms with Crippen molar-refractivity contribution in [3.05, 3.63) is 45.0 Å². The summed E-state index contributed by atoms with van der Waals surface area (Å²) in [5.41, 5.74) is 9.27. The molecule has 0 aliphatic rings. The first-order valence-electron chi connectivity index (χ1n) is 7.76. The maximum Gasteiger partial charge on any atom is 0.336 e. The fraction of sp³-hybridized carbons (Fsp3) is 0.389. The van der Waals surface area contributed by atoms with E-state index in [1.165, 1.54) is 6.07 Å². The van der Waals surface area contributed by atoms with Crippen molar-refractivity contribution in [1.82, 2.24) is 0 Å². The average Bonchev–Trinajstić information content (AvgIpc) is 2.82. The van der Waals surface area contributed by atoms with Crippen LogP contribution in [0, 0.1) is 20.8 Å². The molecule has 0 saturated carbocycles. The smallest absolute Gasteiger partial charge is 0.336 e. The van der Waals surface area contributed by atoms with Crippen LogP contribution in [0.2, 0.25) is 0 Å². The van der Waals surface area contributed by atoms with E-state index in [1.807, 2.05) is 26.8 Å². The van der Waals surface area contributed by atoms with Gasteiger partial charge in [0, 0.05) is 34.6 Å². The second kappa shape index (κ2) is 6.18. The van der Waals surface area contributed by atoms with Crippen LogP contribution in [-0.4, -0.2) is 13.2 Å². The molecule has 122 valence electrons. The SMILES string of the molecule is Cc1cc(=O)oc2c(C)c3oc(COCCCN)c(C)c3cc12. The number of hydrogen-bond acceptors (Lipinski definition) is 5. The zero-order chi connectivity index (χ0) is 16.6. The van der Waals surface area contributed by atoms with Crippen molar-refractivity contribution < 1.29 is 13.6 Å². The summed E-state index contributed by atoms with van der Waals surface area (Å²) in [6, 6.07) is 3.54. The molecule has 5 heteroatoms. The minimum Gasteiger partial charge on any atom is -0.458 e. The Morgan fingerprint density at radius 2 is 1.78 bits per heavy atom. The van der Waals surface area contributed by atoms with Gasteiger partial charge in [-0.05, 0) is 45.4 Å². The minimum absolute atomic E-state index is 0.342. The van der Waals surface area contributed by atoms with Crippen LogP contribution < -0.4 is 11.4 Å². The summed E-state index contributed by atoms with van der Waals surface area (Å²) < 4.78 is 17.0. The molecule has 2 N–H and O–H groups in total. The molecule has 23 heavy (non-hydrogen) atoms. The van der Waals surface area contributed by atoms with E-state index in [0.29, 0.717) is 25.3 Å². The second-order valence-electron chi connectivity index (χ2n) is 5.85. The molecular formula is C18H21NO4. The largest absolute Gasteiger partial charge is 0.458 e. The molecule has 0 amide bonds. The quantitative estimate of drug-likeness (QED) is 0.577.